The van der Waals surface area contributed by atoms with Crippen molar-refractivity contribution in [3.8, 4) is 0 Å². The fraction of sp³-hybridized carbons (Fsp3) is 0.478. The zero-order valence-electron chi connectivity index (χ0n) is 17.9. The largest absolute Gasteiger partial charge is 0.462 e. The van der Waals surface area contributed by atoms with Gasteiger partial charge in [-0.1, -0.05) is 18.2 Å². The highest BCUT2D eigenvalue weighted by molar-refractivity contribution is 7.17. The maximum absolute atomic E-state index is 12.9. The molecule has 1 amide bonds. The molecule has 0 radical (unpaired) electrons. The first-order valence-corrected chi connectivity index (χ1v) is 11.6. The van der Waals surface area contributed by atoms with E-state index in [4.69, 9.17) is 4.74 Å². The van der Waals surface area contributed by atoms with E-state index in [0.717, 1.165) is 43.7 Å². The van der Waals surface area contributed by atoms with Crippen molar-refractivity contribution in [3.05, 3.63) is 45.8 Å². The Balaban J connectivity index is 1.54. The van der Waals surface area contributed by atoms with Crippen LogP contribution in [0.25, 0.3) is 0 Å². The second-order valence-corrected chi connectivity index (χ2v) is 9.37. The summed E-state index contributed by atoms with van der Waals surface area (Å²) in [6.45, 7) is 9.57. The van der Waals surface area contributed by atoms with Gasteiger partial charge in [0.1, 0.15) is 11.5 Å². The Labute approximate surface area is 181 Å². The lowest BCUT2D eigenvalue weighted by Crippen LogP contribution is -3.14. The summed E-state index contributed by atoms with van der Waals surface area (Å²) in [7, 11) is 0. The van der Waals surface area contributed by atoms with E-state index in [0.29, 0.717) is 23.2 Å². The number of nitrogens with zero attached hydrogens (tertiary/aromatic N) is 1. The van der Waals surface area contributed by atoms with Gasteiger partial charge in [-0.25, -0.2) is 4.79 Å². The van der Waals surface area contributed by atoms with Crippen LogP contribution in [0.1, 0.15) is 47.1 Å². The molecule has 1 unspecified atom stereocenters. The van der Waals surface area contributed by atoms with Crippen molar-refractivity contribution in [3.63, 3.8) is 0 Å². The molecule has 2 aliphatic heterocycles. The van der Waals surface area contributed by atoms with Crippen LogP contribution in [-0.2, 0) is 28.9 Å². The number of anilines is 2. The quantitative estimate of drug-likeness (QED) is 0.693. The van der Waals surface area contributed by atoms with Crippen molar-refractivity contribution in [1.82, 2.24) is 0 Å². The molecule has 1 aromatic heterocycles. The number of esters is 1. The third kappa shape index (κ3) is 4.09. The van der Waals surface area contributed by atoms with E-state index < -0.39 is 0 Å². The van der Waals surface area contributed by atoms with Gasteiger partial charge in [0.2, 0.25) is 5.91 Å². The van der Waals surface area contributed by atoms with Crippen LogP contribution < -0.4 is 15.1 Å². The fourth-order valence-corrected chi connectivity index (χ4v) is 5.71. The molecule has 1 aromatic carbocycles. The van der Waals surface area contributed by atoms with Crippen molar-refractivity contribution < 1.29 is 19.2 Å². The molecule has 7 heteroatoms. The second kappa shape index (κ2) is 8.78. The summed E-state index contributed by atoms with van der Waals surface area (Å²) in [4.78, 5) is 30.4. The minimum atomic E-state index is -0.329. The van der Waals surface area contributed by atoms with Crippen LogP contribution in [0.15, 0.2) is 24.3 Å². The number of para-hydroxylation sites is 1. The minimum Gasteiger partial charge on any atom is -0.462 e. The first-order chi connectivity index (χ1) is 14.5. The summed E-state index contributed by atoms with van der Waals surface area (Å²) >= 11 is 1.54. The summed E-state index contributed by atoms with van der Waals surface area (Å²) in [6, 6.07) is 8.74. The number of hydrogen-bond acceptors (Lipinski definition) is 5. The highest BCUT2D eigenvalue weighted by Gasteiger charge is 2.32. The first kappa shape index (κ1) is 20.9. The number of ether oxygens (including phenoxy) is 1. The van der Waals surface area contributed by atoms with Gasteiger partial charge in [0.15, 0.2) is 0 Å². The molecule has 0 aliphatic carbocycles. The van der Waals surface area contributed by atoms with Crippen molar-refractivity contribution in [2.75, 3.05) is 36.5 Å². The Bertz CT molecular complexity index is 953. The van der Waals surface area contributed by atoms with Gasteiger partial charge in [0, 0.05) is 18.7 Å². The van der Waals surface area contributed by atoms with Crippen LogP contribution >= 0.6 is 11.3 Å². The number of thiophene rings is 1. The first-order valence-electron chi connectivity index (χ1n) is 10.8. The Morgan fingerprint density at radius 1 is 1.27 bits per heavy atom. The van der Waals surface area contributed by atoms with Crippen LogP contribution in [-0.4, -0.2) is 44.2 Å². The summed E-state index contributed by atoms with van der Waals surface area (Å²) in [5.41, 5.74) is 4.03. The molecule has 0 spiro atoms. The van der Waals surface area contributed by atoms with Crippen LogP contribution in [0, 0.1) is 0 Å². The maximum atomic E-state index is 12.9. The predicted molar refractivity (Wildman–Crippen MR) is 120 cm³/mol. The van der Waals surface area contributed by atoms with Gasteiger partial charge >= 0.3 is 5.97 Å². The lowest BCUT2D eigenvalue weighted by molar-refractivity contribution is -0.936. The molecule has 4 rings (SSSR count). The average molecular weight is 429 g/mol. The Morgan fingerprint density at radius 3 is 2.83 bits per heavy atom. The summed E-state index contributed by atoms with van der Waals surface area (Å²) in [6.07, 6.45) is 1.79. The Morgan fingerprint density at radius 2 is 2.07 bits per heavy atom. The van der Waals surface area contributed by atoms with Gasteiger partial charge in [0.25, 0.3) is 0 Å². The standard InChI is InChI=1S/C23H29N3O3S/c1-4-29-23(28)21-17-10-12-25(15(2)3)13-19(17)30-22(21)24-20(27)14-26-11-9-16-7-5-6-8-18(16)26/h5-8,15H,4,9-14H2,1-3H3,(H,24,27)/p+1. The number of carbonyl (C=O) groups is 2. The van der Waals surface area contributed by atoms with Crippen LogP contribution in [0.4, 0.5) is 10.7 Å². The van der Waals surface area contributed by atoms with Gasteiger partial charge in [-0.05, 0) is 44.4 Å². The highest BCUT2D eigenvalue weighted by Crippen LogP contribution is 2.35. The fourth-order valence-electron chi connectivity index (χ4n) is 4.41. The predicted octanol–water partition coefficient (Wildman–Crippen LogP) is 2.28. The van der Waals surface area contributed by atoms with Gasteiger partial charge in [-0.2, -0.15) is 0 Å². The van der Waals surface area contributed by atoms with E-state index in [1.807, 2.05) is 19.1 Å². The minimum absolute atomic E-state index is 0.0936. The smallest absolute Gasteiger partial charge is 0.341 e. The van der Waals surface area contributed by atoms with E-state index in [-0.39, 0.29) is 18.4 Å². The van der Waals surface area contributed by atoms with E-state index in [1.54, 1.807) is 0 Å². The van der Waals surface area contributed by atoms with Crippen LogP contribution in [0.3, 0.4) is 0 Å². The summed E-state index contributed by atoms with van der Waals surface area (Å²) < 4.78 is 5.33. The van der Waals surface area contributed by atoms with E-state index in [9.17, 15) is 9.59 Å². The maximum Gasteiger partial charge on any atom is 0.341 e. The van der Waals surface area contributed by atoms with E-state index in [1.165, 1.54) is 26.7 Å². The van der Waals surface area contributed by atoms with Crippen LogP contribution in [0.5, 0.6) is 0 Å². The van der Waals surface area contributed by atoms with E-state index in [2.05, 4.69) is 36.2 Å². The molecule has 2 N–H and O–H groups in total. The van der Waals surface area contributed by atoms with Crippen molar-refractivity contribution >= 4 is 33.9 Å². The lowest BCUT2D eigenvalue weighted by atomic mass is 10.0. The normalized spacial score (nSPS) is 17.6. The molecule has 1 atom stereocenters. The zero-order valence-corrected chi connectivity index (χ0v) is 18.7. The van der Waals surface area contributed by atoms with Crippen molar-refractivity contribution in [2.24, 2.45) is 0 Å². The second-order valence-electron chi connectivity index (χ2n) is 8.27. The number of fused-ring (bicyclic) bond motifs is 2. The molecule has 6 nitrogen and oxygen atoms in total. The number of nitrogens with one attached hydrogen (secondary N) is 2. The Hall–Kier alpha value is -2.38. The lowest BCUT2D eigenvalue weighted by Gasteiger charge is -2.27. The third-order valence-electron chi connectivity index (χ3n) is 6.04. The average Bonchev–Trinajstić information content (AvgIpc) is 3.28. The topological polar surface area (TPSA) is 63.1 Å². The molecular weight excluding hydrogens is 398 g/mol. The van der Waals surface area contributed by atoms with Crippen molar-refractivity contribution in [2.45, 2.75) is 46.2 Å². The van der Waals surface area contributed by atoms with Gasteiger partial charge in [-0.3, -0.25) is 4.79 Å². The number of amides is 1. The van der Waals surface area contributed by atoms with Crippen molar-refractivity contribution in [1.29, 1.82) is 0 Å². The SMILES string of the molecule is CCOC(=O)c1c(NC(=O)CN2CCc3ccccc32)sc2c1CC[NH+](C(C)C)C2. The van der Waals surface area contributed by atoms with E-state index >= 15 is 0 Å². The molecule has 30 heavy (non-hydrogen) atoms. The Kier molecular flexibility index (Phi) is 6.11. The molecule has 2 aromatic rings. The molecular formula is C23H30N3O3S+. The molecule has 160 valence electrons. The molecule has 0 saturated heterocycles. The molecule has 0 fully saturated rings. The molecule has 3 heterocycles. The summed E-state index contributed by atoms with van der Waals surface area (Å²) in [5.74, 6) is -0.422. The third-order valence-corrected chi connectivity index (χ3v) is 7.19. The van der Waals surface area contributed by atoms with Crippen LogP contribution in [0.2, 0.25) is 0 Å². The summed E-state index contributed by atoms with van der Waals surface area (Å²) in [5, 5.41) is 3.68. The van der Waals surface area contributed by atoms with Gasteiger partial charge in [0.05, 0.1) is 36.2 Å². The van der Waals surface area contributed by atoms with Gasteiger partial charge in [-0.15, -0.1) is 11.3 Å². The molecule has 2 aliphatic rings. The molecule has 0 saturated carbocycles. The zero-order chi connectivity index (χ0) is 21.3. The number of carbonyl (C=O) groups excluding carboxylic acids is 2. The number of rotatable bonds is 6. The number of benzene rings is 1. The van der Waals surface area contributed by atoms with Gasteiger partial charge < -0.3 is 19.9 Å². The number of quaternary nitrogens is 1. The molecule has 0 bridgehead atoms. The number of hydrogen-bond donors (Lipinski definition) is 2. The monoisotopic (exact) mass is 428 g/mol. The highest BCUT2D eigenvalue weighted by atomic mass is 32.1.